The molecule has 42 heavy (non-hydrogen) atoms. The van der Waals surface area contributed by atoms with E-state index in [4.69, 9.17) is 0 Å². The third kappa shape index (κ3) is 6.09. The zero-order valence-corrected chi connectivity index (χ0v) is 23.6. The van der Waals surface area contributed by atoms with Gasteiger partial charge in [0.25, 0.3) is 5.56 Å². The molecule has 0 bridgehead atoms. The molecule has 1 aliphatic rings. The Kier molecular flexibility index (Phi) is 8.46. The fourth-order valence-electron chi connectivity index (χ4n) is 5.07. The number of hydrogen-bond acceptors (Lipinski definition) is 6. The summed E-state index contributed by atoms with van der Waals surface area (Å²) >= 11 is 0. The van der Waals surface area contributed by atoms with Crippen molar-refractivity contribution in [3.05, 3.63) is 82.0 Å². The third-order valence-corrected chi connectivity index (χ3v) is 7.44. The first-order valence-corrected chi connectivity index (χ1v) is 13.6. The molecular formula is C30H32F3N7O2. The van der Waals surface area contributed by atoms with Gasteiger partial charge in [-0.15, -0.1) is 0 Å². The highest BCUT2D eigenvalue weighted by atomic mass is 19.1. The Morgan fingerprint density at radius 1 is 0.929 bits per heavy atom. The number of benzene rings is 2. The normalized spacial score (nSPS) is 14.2. The Balaban J connectivity index is 1.39. The molecule has 1 saturated heterocycles. The van der Waals surface area contributed by atoms with E-state index < -0.39 is 23.2 Å². The van der Waals surface area contributed by atoms with Crippen molar-refractivity contribution < 1.29 is 18.0 Å². The molecule has 12 heteroatoms. The van der Waals surface area contributed by atoms with Crippen LogP contribution < -0.4 is 21.5 Å². The van der Waals surface area contributed by atoms with Crippen LogP contribution in [0.25, 0.3) is 22.0 Å². The zero-order chi connectivity index (χ0) is 30.0. The monoisotopic (exact) mass is 579 g/mol. The van der Waals surface area contributed by atoms with E-state index in [-0.39, 0.29) is 22.6 Å². The first kappa shape index (κ1) is 29.1. The van der Waals surface area contributed by atoms with Gasteiger partial charge in [0, 0.05) is 86.8 Å². The topological polar surface area (TPSA) is 94.5 Å². The molecule has 0 atom stereocenters. The number of halogens is 3. The number of hydrogen-bond donors (Lipinski definition) is 3. The lowest BCUT2D eigenvalue weighted by Crippen LogP contribution is -2.44. The second-order valence-corrected chi connectivity index (χ2v) is 10.3. The summed E-state index contributed by atoms with van der Waals surface area (Å²) in [5.41, 5.74) is 0.374. The Morgan fingerprint density at radius 2 is 1.69 bits per heavy atom. The summed E-state index contributed by atoms with van der Waals surface area (Å²) in [5, 5.41) is 8.48. The lowest BCUT2D eigenvalue weighted by atomic mass is 10.0. The number of anilines is 3. The summed E-state index contributed by atoms with van der Waals surface area (Å²) in [7, 11) is 3.74. The van der Waals surface area contributed by atoms with Crippen molar-refractivity contribution in [1.29, 1.82) is 0 Å². The fourth-order valence-corrected chi connectivity index (χ4v) is 5.07. The van der Waals surface area contributed by atoms with E-state index in [9.17, 15) is 18.4 Å². The Morgan fingerprint density at radius 3 is 2.40 bits per heavy atom. The summed E-state index contributed by atoms with van der Waals surface area (Å²) in [5.74, 6) is -1.79. The minimum atomic E-state index is -1.02. The molecule has 3 N–H and O–H groups in total. The van der Waals surface area contributed by atoms with E-state index in [0.29, 0.717) is 47.1 Å². The second kappa shape index (κ2) is 12.2. The van der Waals surface area contributed by atoms with Crippen LogP contribution in [0.5, 0.6) is 0 Å². The largest absolute Gasteiger partial charge is 0.373 e. The van der Waals surface area contributed by atoms with E-state index >= 15 is 4.39 Å². The van der Waals surface area contributed by atoms with E-state index in [1.54, 1.807) is 26.2 Å². The van der Waals surface area contributed by atoms with Crippen LogP contribution in [0.2, 0.25) is 0 Å². The van der Waals surface area contributed by atoms with E-state index in [1.165, 1.54) is 28.8 Å². The molecule has 5 rings (SSSR count). The summed E-state index contributed by atoms with van der Waals surface area (Å²) in [6.45, 7) is 5.84. The van der Waals surface area contributed by atoms with Crippen molar-refractivity contribution in [2.24, 2.45) is 0 Å². The van der Waals surface area contributed by atoms with Crippen LogP contribution in [0.4, 0.5) is 35.2 Å². The number of nitrogens with one attached hydrogen (secondary N) is 3. The van der Waals surface area contributed by atoms with Crippen molar-refractivity contribution in [2.75, 3.05) is 56.2 Å². The Labute approximate surface area is 241 Å². The van der Waals surface area contributed by atoms with Crippen molar-refractivity contribution >= 4 is 34.1 Å². The molecule has 2 aromatic heterocycles. The van der Waals surface area contributed by atoms with Crippen LogP contribution in [-0.2, 0) is 13.1 Å². The van der Waals surface area contributed by atoms with Gasteiger partial charge in [-0.1, -0.05) is 0 Å². The van der Waals surface area contributed by atoms with Gasteiger partial charge in [0.15, 0.2) is 0 Å². The van der Waals surface area contributed by atoms with E-state index in [0.717, 1.165) is 32.2 Å². The second-order valence-electron chi connectivity index (χ2n) is 10.3. The molecule has 0 aliphatic carbocycles. The summed E-state index contributed by atoms with van der Waals surface area (Å²) in [6, 6.07) is 8.33. The Bertz CT molecular complexity index is 1700. The van der Waals surface area contributed by atoms with Crippen LogP contribution in [0.15, 0.2) is 53.5 Å². The summed E-state index contributed by atoms with van der Waals surface area (Å²) in [4.78, 5) is 34.8. The van der Waals surface area contributed by atoms with Crippen LogP contribution in [0, 0.1) is 17.5 Å². The molecule has 4 aromatic rings. The van der Waals surface area contributed by atoms with Crippen LogP contribution in [0.3, 0.4) is 0 Å². The van der Waals surface area contributed by atoms with Gasteiger partial charge < -0.3 is 25.4 Å². The molecule has 1 fully saturated rings. The van der Waals surface area contributed by atoms with Crippen molar-refractivity contribution in [1.82, 2.24) is 19.4 Å². The number of aryl methyl sites for hydroxylation is 1. The number of rotatable bonds is 7. The van der Waals surface area contributed by atoms with Crippen LogP contribution in [0.1, 0.15) is 12.5 Å². The van der Waals surface area contributed by atoms with Gasteiger partial charge in [0.05, 0.1) is 16.8 Å². The lowest BCUT2D eigenvalue weighted by Gasteiger charge is -2.32. The maximum atomic E-state index is 15.0. The maximum absolute atomic E-state index is 15.0. The van der Waals surface area contributed by atoms with Crippen LogP contribution >= 0.6 is 0 Å². The molecule has 1 aliphatic heterocycles. The minimum absolute atomic E-state index is 0.00333. The SMILES string of the molecule is CCn1c(=O)c(-c2cc(NC(=O)Nc3ccc(F)c(CN4CCN(C)CC4)c3)c(F)cc2F)cc2cnc(NC)cc21. The quantitative estimate of drug-likeness (QED) is 0.288. The highest BCUT2D eigenvalue weighted by molar-refractivity contribution is 6.00. The number of carbonyl (C=O) groups is 1. The van der Waals surface area contributed by atoms with Crippen LogP contribution in [-0.4, -0.2) is 65.7 Å². The van der Waals surface area contributed by atoms with Gasteiger partial charge >= 0.3 is 6.03 Å². The summed E-state index contributed by atoms with van der Waals surface area (Å²) < 4.78 is 45.8. The van der Waals surface area contributed by atoms with E-state index in [1.807, 2.05) is 7.05 Å². The number of aromatic nitrogens is 2. The minimum Gasteiger partial charge on any atom is -0.373 e. The zero-order valence-electron chi connectivity index (χ0n) is 23.6. The average molecular weight is 580 g/mol. The number of pyridine rings is 2. The number of amides is 2. The predicted octanol–water partition coefficient (Wildman–Crippen LogP) is 4.93. The molecular weight excluding hydrogens is 547 g/mol. The predicted molar refractivity (Wildman–Crippen MR) is 158 cm³/mol. The molecule has 9 nitrogen and oxygen atoms in total. The fraction of sp³-hybridized carbons (Fsp3) is 0.300. The molecule has 0 radical (unpaired) electrons. The number of likely N-dealkylation sites (N-methyl/N-ethyl adjacent to an activating group) is 1. The molecule has 0 spiro atoms. The number of carbonyl (C=O) groups excluding carboxylic acids is 1. The maximum Gasteiger partial charge on any atom is 0.323 e. The van der Waals surface area contributed by atoms with Gasteiger partial charge in [-0.05, 0) is 44.3 Å². The lowest BCUT2D eigenvalue weighted by molar-refractivity contribution is 0.147. The summed E-state index contributed by atoms with van der Waals surface area (Å²) in [6.07, 6.45) is 1.56. The molecule has 0 unspecified atom stereocenters. The Hall–Kier alpha value is -4.42. The molecule has 0 saturated carbocycles. The number of fused-ring (bicyclic) bond motifs is 1. The molecule has 3 heterocycles. The van der Waals surface area contributed by atoms with Gasteiger partial charge in [-0.3, -0.25) is 9.69 Å². The highest BCUT2D eigenvalue weighted by Crippen LogP contribution is 2.29. The number of urea groups is 1. The standard InChI is InChI=1S/C30H32F3N7O2/c1-4-40-27-15-28(34-2)35-16-18(27)12-22(29(40)41)21-13-26(25(33)14-24(21)32)37-30(42)36-20-5-6-23(31)19(11-20)17-39-9-7-38(3)8-10-39/h5-6,11-16H,4,7-10,17H2,1-3H3,(H,34,35)(H2,36,37,42). The third-order valence-electron chi connectivity index (χ3n) is 7.44. The molecule has 220 valence electrons. The smallest absolute Gasteiger partial charge is 0.323 e. The highest BCUT2D eigenvalue weighted by Gasteiger charge is 2.20. The van der Waals surface area contributed by atoms with Gasteiger partial charge in [-0.25, -0.2) is 22.9 Å². The first-order chi connectivity index (χ1) is 20.2. The van der Waals surface area contributed by atoms with E-state index in [2.05, 4.69) is 30.7 Å². The van der Waals surface area contributed by atoms with Crippen molar-refractivity contribution in [3.63, 3.8) is 0 Å². The van der Waals surface area contributed by atoms with Crippen molar-refractivity contribution in [3.8, 4) is 11.1 Å². The van der Waals surface area contributed by atoms with Gasteiger partial charge in [0.2, 0.25) is 0 Å². The van der Waals surface area contributed by atoms with Gasteiger partial charge in [0.1, 0.15) is 23.3 Å². The average Bonchev–Trinajstić information content (AvgIpc) is 2.97. The number of piperazine rings is 1. The van der Waals surface area contributed by atoms with Crippen molar-refractivity contribution in [2.45, 2.75) is 20.0 Å². The number of nitrogens with zero attached hydrogens (tertiary/aromatic N) is 4. The van der Waals surface area contributed by atoms with Gasteiger partial charge in [-0.2, -0.15) is 0 Å². The molecule has 2 amide bonds. The first-order valence-electron chi connectivity index (χ1n) is 13.6. The molecule has 2 aromatic carbocycles.